The van der Waals surface area contributed by atoms with Gasteiger partial charge in [0.1, 0.15) is 11.5 Å². The van der Waals surface area contributed by atoms with Crippen molar-refractivity contribution in [3.63, 3.8) is 0 Å². The van der Waals surface area contributed by atoms with E-state index < -0.39 is 17.2 Å². The van der Waals surface area contributed by atoms with Gasteiger partial charge in [0, 0.05) is 17.4 Å². The lowest BCUT2D eigenvalue weighted by Gasteiger charge is -2.12. The van der Waals surface area contributed by atoms with Crippen LogP contribution in [0.3, 0.4) is 0 Å². The van der Waals surface area contributed by atoms with Crippen LogP contribution in [0.1, 0.15) is 21.7 Å². The first-order valence-corrected chi connectivity index (χ1v) is 7.69. The third kappa shape index (κ3) is 3.47. The van der Waals surface area contributed by atoms with Crippen molar-refractivity contribution in [3.05, 3.63) is 87.6 Å². The molecule has 0 bridgehead atoms. The van der Waals surface area contributed by atoms with Crippen LogP contribution in [0.4, 0.5) is 10.1 Å². The van der Waals surface area contributed by atoms with E-state index in [9.17, 15) is 14.0 Å². The van der Waals surface area contributed by atoms with Crippen LogP contribution in [-0.4, -0.2) is 15.7 Å². The van der Waals surface area contributed by atoms with Gasteiger partial charge >= 0.3 is 0 Å². The first-order valence-electron chi connectivity index (χ1n) is 7.69. The van der Waals surface area contributed by atoms with E-state index in [4.69, 9.17) is 0 Å². The zero-order chi connectivity index (χ0) is 18.0. The first-order chi connectivity index (χ1) is 12.0. The van der Waals surface area contributed by atoms with Crippen LogP contribution in [0.15, 0.2) is 59.4 Å². The summed E-state index contributed by atoms with van der Waals surface area (Å²) >= 11 is 0. The van der Waals surface area contributed by atoms with Gasteiger partial charge in [-0.05, 0) is 43.7 Å². The molecule has 0 fully saturated rings. The fraction of sp³-hybridized carbons (Fsp3) is 0.105. The third-order valence-electron chi connectivity index (χ3n) is 3.68. The molecule has 25 heavy (non-hydrogen) atoms. The molecule has 3 rings (SSSR count). The predicted molar refractivity (Wildman–Crippen MR) is 93.7 cm³/mol. The Hall–Kier alpha value is -3.28. The second-order valence-corrected chi connectivity index (χ2v) is 5.69. The molecule has 1 heterocycles. The second-order valence-electron chi connectivity index (χ2n) is 5.69. The number of halogens is 1. The van der Waals surface area contributed by atoms with Gasteiger partial charge in [0.05, 0.1) is 0 Å². The molecule has 0 saturated heterocycles. The third-order valence-corrected chi connectivity index (χ3v) is 3.68. The van der Waals surface area contributed by atoms with Crippen molar-refractivity contribution in [1.29, 1.82) is 0 Å². The minimum absolute atomic E-state index is 0.171. The first kappa shape index (κ1) is 16.6. The van der Waals surface area contributed by atoms with Gasteiger partial charge in [-0.2, -0.15) is 5.10 Å². The van der Waals surface area contributed by atoms with Crippen molar-refractivity contribution in [2.45, 2.75) is 13.8 Å². The zero-order valence-electron chi connectivity index (χ0n) is 13.8. The van der Waals surface area contributed by atoms with E-state index in [1.165, 1.54) is 22.9 Å². The molecule has 126 valence electrons. The molecule has 0 spiro atoms. The van der Waals surface area contributed by atoms with Crippen molar-refractivity contribution in [1.82, 2.24) is 9.78 Å². The highest BCUT2D eigenvalue weighted by Crippen LogP contribution is 2.14. The van der Waals surface area contributed by atoms with Gasteiger partial charge in [-0.3, -0.25) is 9.59 Å². The van der Waals surface area contributed by atoms with Crippen molar-refractivity contribution < 1.29 is 9.18 Å². The topological polar surface area (TPSA) is 64.0 Å². The Balaban J connectivity index is 2.02. The van der Waals surface area contributed by atoms with E-state index in [1.807, 2.05) is 13.0 Å². The molecule has 1 amide bonds. The van der Waals surface area contributed by atoms with Gasteiger partial charge in [0.25, 0.3) is 5.91 Å². The summed E-state index contributed by atoms with van der Waals surface area (Å²) in [4.78, 5) is 24.6. The van der Waals surface area contributed by atoms with E-state index in [2.05, 4.69) is 10.4 Å². The second kappa shape index (κ2) is 6.68. The van der Waals surface area contributed by atoms with Gasteiger partial charge in [-0.1, -0.05) is 24.3 Å². The van der Waals surface area contributed by atoms with Crippen molar-refractivity contribution in [3.8, 4) is 5.69 Å². The van der Waals surface area contributed by atoms with Crippen LogP contribution in [0, 0.1) is 19.7 Å². The van der Waals surface area contributed by atoms with Gasteiger partial charge < -0.3 is 5.32 Å². The molecule has 5 nitrogen and oxygen atoms in total. The summed E-state index contributed by atoms with van der Waals surface area (Å²) in [7, 11) is 0. The standard InChI is InChI=1S/C19H16FN3O2/c1-12-6-5-7-14(10-12)21-19(25)18-17(24)11-13(2)23(22-18)16-9-4-3-8-15(16)20/h3-11H,1-2H3,(H,21,25). The van der Waals surface area contributed by atoms with E-state index in [0.717, 1.165) is 5.56 Å². The normalized spacial score (nSPS) is 10.5. The zero-order valence-corrected chi connectivity index (χ0v) is 13.8. The highest BCUT2D eigenvalue weighted by atomic mass is 19.1. The largest absolute Gasteiger partial charge is 0.320 e. The van der Waals surface area contributed by atoms with Gasteiger partial charge in [0.15, 0.2) is 5.69 Å². The molecule has 0 aliphatic rings. The number of rotatable bonds is 3. The lowest BCUT2D eigenvalue weighted by molar-refractivity contribution is 0.101. The quantitative estimate of drug-likeness (QED) is 0.798. The lowest BCUT2D eigenvalue weighted by Crippen LogP contribution is -2.27. The number of aromatic nitrogens is 2. The van der Waals surface area contributed by atoms with Gasteiger partial charge in [0.2, 0.25) is 5.43 Å². The Morgan fingerprint density at radius 3 is 2.56 bits per heavy atom. The summed E-state index contributed by atoms with van der Waals surface area (Å²) in [6.45, 7) is 3.52. The van der Waals surface area contributed by atoms with Crippen molar-refractivity contribution in [2.24, 2.45) is 0 Å². The molecule has 6 heteroatoms. The Labute approximate surface area is 143 Å². The molecule has 0 saturated carbocycles. The molecule has 1 aromatic heterocycles. The smallest absolute Gasteiger partial charge is 0.280 e. The monoisotopic (exact) mass is 337 g/mol. The number of anilines is 1. The predicted octanol–water partition coefficient (Wildman–Crippen LogP) is 3.24. The minimum atomic E-state index is -0.638. The Morgan fingerprint density at radius 1 is 1.08 bits per heavy atom. The maximum absolute atomic E-state index is 14.0. The number of hydrogen-bond donors (Lipinski definition) is 1. The Kier molecular flexibility index (Phi) is 4.43. The summed E-state index contributed by atoms with van der Waals surface area (Å²) in [5.41, 5.74) is 1.32. The summed E-state index contributed by atoms with van der Waals surface area (Å²) in [5.74, 6) is -1.13. The van der Waals surface area contributed by atoms with E-state index >= 15 is 0 Å². The molecular weight excluding hydrogens is 321 g/mol. The number of nitrogens with zero attached hydrogens (tertiary/aromatic N) is 2. The number of para-hydroxylation sites is 1. The van der Waals surface area contributed by atoms with Gasteiger partial charge in [-0.25, -0.2) is 9.07 Å². The summed E-state index contributed by atoms with van der Waals surface area (Å²) in [6, 6.07) is 14.5. The average Bonchev–Trinajstić information content (AvgIpc) is 2.56. The Morgan fingerprint density at radius 2 is 1.84 bits per heavy atom. The molecule has 0 unspecified atom stereocenters. The van der Waals surface area contributed by atoms with Crippen molar-refractivity contribution >= 4 is 11.6 Å². The Bertz CT molecular complexity index is 1010. The fourth-order valence-corrected chi connectivity index (χ4v) is 2.49. The van der Waals surface area contributed by atoms with Crippen LogP contribution in [0.5, 0.6) is 0 Å². The highest BCUT2D eigenvalue weighted by Gasteiger charge is 2.16. The number of aryl methyl sites for hydroxylation is 2. The fourth-order valence-electron chi connectivity index (χ4n) is 2.49. The molecule has 0 radical (unpaired) electrons. The van der Waals surface area contributed by atoms with Crippen molar-refractivity contribution in [2.75, 3.05) is 5.32 Å². The molecule has 2 aromatic carbocycles. The lowest BCUT2D eigenvalue weighted by atomic mass is 10.2. The van der Waals surface area contributed by atoms with Crippen LogP contribution in [0.25, 0.3) is 5.69 Å². The number of amides is 1. The number of hydrogen-bond acceptors (Lipinski definition) is 3. The number of carbonyl (C=O) groups is 1. The number of benzene rings is 2. The highest BCUT2D eigenvalue weighted by molar-refractivity contribution is 6.02. The molecule has 1 N–H and O–H groups in total. The molecular formula is C19H16FN3O2. The maximum Gasteiger partial charge on any atom is 0.280 e. The number of nitrogens with one attached hydrogen (secondary N) is 1. The minimum Gasteiger partial charge on any atom is -0.320 e. The molecule has 3 aromatic rings. The van der Waals surface area contributed by atoms with Crippen LogP contribution < -0.4 is 10.7 Å². The molecule has 0 aliphatic carbocycles. The van der Waals surface area contributed by atoms with Crippen LogP contribution in [-0.2, 0) is 0 Å². The molecule has 0 aliphatic heterocycles. The number of carbonyl (C=O) groups excluding carboxylic acids is 1. The van der Waals surface area contributed by atoms with E-state index in [-0.39, 0.29) is 11.4 Å². The average molecular weight is 337 g/mol. The van der Waals surface area contributed by atoms with Crippen LogP contribution in [0.2, 0.25) is 0 Å². The SMILES string of the molecule is Cc1cccc(NC(=O)c2nn(-c3ccccc3F)c(C)cc2=O)c1. The molecule has 0 atom stereocenters. The summed E-state index contributed by atoms with van der Waals surface area (Å²) in [6.07, 6.45) is 0. The van der Waals surface area contributed by atoms with Crippen LogP contribution >= 0.6 is 0 Å². The summed E-state index contributed by atoms with van der Waals surface area (Å²) < 4.78 is 15.3. The van der Waals surface area contributed by atoms with E-state index in [0.29, 0.717) is 11.4 Å². The van der Waals surface area contributed by atoms with E-state index in [1.54, 1.807) is 37.3 Å². The van der Waals surface area contributed by atoms with Gasteiger partial charge in [-0.15, -0.1) is 0 Å². The summed E-state index contributed by atoms with van der Waals surface area (Å²) in [5, 5.41) is 6.72. The maximum atomic E-state index is 14.0.